The van der Waals surface area contributed by atoms with E-state index in [1.807, 2.05) is 11.8 Å². The predicted molar refractivity (Wildman–Crippen MR) is 88.7 cm³/mol. The quantitative estimate of drug-likeness (QED) is 0.715. The molecule has 2 unspecified atom stereocenters. The molecule has 2 bridgehead atoms. The van der Waals surface area contributed by atoms with Crippen molar-refractivity contribution in [3.63, 3.8) is 0 Å². The summed E-state index contributed by atoms with van der Waals surface area (Å²) in [5.74, 6) is -0.444. The molecule has 0 radical (unpaired) electrons. The zero-order valence-electron chi connectivity index (χ0n) is 14.2. The van der Waals surface area contributed by atoms with Crippen molar-refractivity contribution in [1.29, 1.82) is 0 Å². The van der Waals surface area contributed by atoms with Crippen molar-refractivity contribution in [3.05, 3.63) is 0 Å². The van der Waals surface area contributed by atoms with Crippen LogP contribution in [0, 0.1) is 0 Å². The second kappa shape index (κ2) is 9.32. The number of carbonyl (C=O) groups excluding carboxylic acids is 1. The molecule has 0 aliphatic carbocycles. The van der Waals surface area contributed by atoms with Gasteiger partial charge in [-0.2, -0.15) is 0 Å². The second-order valence-corrected chi connectivity index (χ2v) is 6.52. The van der Waals surface area contributed by atoms with E-state index in [0.717, 1.165) is 65.4 Å². The Kier molecular flexibility index (Phi) is 7.42. The van der Waals surface area contributed by atoms with E-state index >= 15 is 0 Å². The standard InChI is InChI=1S/C16H30N4O3/c1-2-15(21)13-19-9-5-17-3-4-18(6-10-19)8-12-20(11-7-17)14-16(22)23/h2-14H2,1H3,(H,22,23). The number of aliphatic carboxylic acids is 1. The highest BCUT2D eigenvalue weighted by Crippen LogP contribution is 2.05. The maximum atomic E-state index is 11.7. The van der Waals surface area contributed by atoms with Crippen LogP contribution in [-0.2, 0) is 9.59 Å². The van der Waals surface area contributed by atoms with E-state index in [1.165, 1.54) is 0 Å². The molecule has 2 aliphatic rings. The molecule has 132 valence electrons. The number of carbonyl (C=O) groups is 2. The molecule has 0 aromatic carbocycles. The summed E-state index contributed by atoms with van der Waals surface area (Å²) in [6, 6.07) is 0. The van der Waals surface area contributed by atoms with Crippen molar-refractivity contribution in [2.24, 2.45) is 0 Å². The first kappa shape index (κ1) is 18.3. The maximum absolute atomic E-state index is 11.7. The van der Waals surface area contributed by atoms with E-state index in [0.29, 0.717) is 18.7 Å². The lowest BCUT2D eigenvalue weighted by Crippen LogP contribution is -2.44. The Morgan fingerprint density at radius 1 is 0.739 bits per heavy atom. The minimum absolute atomic E-state index is 0.124. The Balaban J connectivity index is 1.96. The minimum Gasteiger partial charge on any atom is -0.480 e. The van der Waals surface area contributed by atoms with Gasteiger partial charge in [-0.15, -0.1) is 0 Å². The first-order valence-electron chi connectivity index (χ1n) is 8.69. The van der Waals surface area contributed by atoms with Crippen LogP contribution in [0.25, 0.3) is 0 Å². The molecular formula is C16H30N4O3. The van der Waals surface area contributed by atoms with Gasteiger partial charge in [0.2, 0.25) is 0 Å². The zero-order chi connectivity index (χ0) is 16.7. The summed E-state index contributed by atoms with van der Waals surface area (Å²) in [5.41, 5.74) is 0. The molecule has 2 saturated heterocycles. The van der Waals surface area contributed by atoms with Crippen LogP contribution >= 0.6 is 0 Å². The lowest BCUT2D eigenvalue weighted by molar-refractivity contribution is -0.138. The van der Waals surface area contributed by atoms with Crippen LogP contribution in [0.3, 0.4) is 0 Å². The number of ketones is 1. The summed E-state index contributed by atoms with van der Waals surface area (Å²) in [6.45, 7) is 11.8. The number of hydrogen-bond acceptors (Lipinski definition) is 6. The van der Waals surface area contributed by atoms with Gasteiger partial charge in [-0.3, -0.25) is 29.2 Å². The van der Waals surface area contributed by atoms with Gasteiger partial charge in [0.15, 0.2) is 0 Å². The van der Waals surface area contributed by atoms with Crippen molar-refractivity contribution < 1.29 is 14.7 Å². The maximum Gasteiger partial charge on any atom is 0.317 e. The van der Waals surface area contributed by atoms with Gasteiger partial charge in [0.1, 0.15) is 5.78 Å². The summed E-state index contributed by atoms with van der Waals surface area (Å²) < 4.78 is 0. The number of Topliss-reactive ketones (excluding diaryl/α,β-unsaturated/α-hetero) is 1. The van der Waals surface area contributed by atoms with Crippen LogP contribution in [0.1, 0.15) is 13.3 Å². The Morgan fingerprint density at radius 3 is 1.52 bits per heavy atom. The summed E-state index contributed by atoms with van der Waals surface area (Å²) in [4.78, 5) is 31.9. The Labute approximate surface area is 138 Å². The Bertz CT molecular complexity index is 385. The van der Waals surface area contributed by atoms with Crippen molar-refractivity contribution in [1.82, 2.24) is 19.6 Å². The molecule has 0 amide bonds. The van der Waals surface area contributed by atoms with Crippen molar-refractivity contribution in [3.8, 4) is 0 Å². The number of carboxylic acid groups (broad SMARTS) is 1. The molecule has 0 aromatic rings. The van der Waals surface area contributed by atoms with Crippen molar-refractivity contribution in [2.45, 2.75) is 13.3 Å². The van der Waals surface area contributed by atoms with Crippen molar-refractivity contribution in [2.75, 3.05) is 78.5 Å². The van der Waals surface area contributed by atoms with E-state index in [9.17, 15) is 9.59 Å². The van der Waals surface area contributed by atoms with Gasteiger partial charge in [-0.05, 0) is 0 Å². The number of fused-ring (bicyclic) bond motifs is 3. The molecule has 0 aromatic heterocycles. The fraction of sp³-hybridized carbons (Fsp3) is 0.875. The van der Waals surface area contributed by atoms with Gasteiger partial charge in [0.25, 0.3) is 0 Å². The van der Waals surface area contributed by atoms with Crippen LogP contribution in [0.2, 0.25) is 0 Å². The highest BCUT2D eigenvalue weighted by Gasteiger charge is 2.21. The molecule has 23 heavy (non-hydrogen) atoms. The summed E-state index contributed by atoms with van der Waals surface area (Å²) >= 11 is 0. The molecule has 7 heteroatoms. The molecule has 2 rings (SSSR count). The molecule has 0 saturated carbocycles. The van der Waals surface area contributed by atoms with Gasteiger partial charge in [0, 0.05) is 71.9 Å². The summed E-state index contributed by atoms with van der Waals surface area (Å²) in [7, 11) is 0. The monoisotopic (exact) mass is 326 g/mol. The molecule has 2 heterocycles. The first-order chi connectivity index (χ1) is 11.1. The fourth-order valence-corrected chi connectivity index (χ4v) is 3.18. The molecule has 7 nitrogen and oxygen atoms in total. The van der Waals surface area contributed by atoms with Gasteiger partial charge in [0.05, 0.1) is 13.1 Å². The topological polar surface area (TPSA) is 67.3 Å². The highest BCUT2D eigenvalue weighted by atomic mass is 16.4. The average Bonchev–Trinajstić information content (AvgIpc) is 2.66. The lowest BCUT2D eigenvalue weighted by atomic mass is 10.2. The average molecular weight is 326 g/mol. The smallest absolute Gasteiger partial charge is 0.317 e. The summed E-state index contributed by atoms with van der Waals surface area (Å²) in [6.07, 6.45) is 0.605. The Hall–Kier alpha value is -1.02. The SMILES string of the molecule is CCC(=O)CN1CCN2CCN(CCN(CC(=O)O)CC2)CC1. The molecule has 2 atom stereocenters. The van der Waals surface area contributed by atoms with Crippen molar-refractivity contribution >= 4 is 11.8 Å². The van der Waals surface area contributed by atoms with Crippen LogP contribution in [0.4, 0.5) is 0 Å². The van der Waals surface area contributed by atoms with Crippen LogP contribution in [0.5, 0.6) is 0 Å². The number of nitrogens with zero attached hydrogens (tertiary/aromatic N) is 4. The third-order valence-electron chi connectivity index (χ3n) is 4.82. The van der Waals surface area contributed by atoms with Crippen LogP contribution in [0.15, 0.2) is 0 Å². The molecular weight excluding hydrogens is 296 g/mol. The number of carboxylic acids is 1. The van der Waals surface area contributed by atoms with E-state index in [2.05, 4.69) is 14.7 Å². The lowest BCUT2D eigenvalue weighted by Gasteiger charge is -2.29. The summed E-state index contributed by atoms with van der Waals surface area (Å²) in [5, 5.41) is 9.04. The van der Waals surface area contributed by atoms with E-state index in [-0.39, 0.29) is 6.54 Å². The largest absolute Gasteiger partial charge is 0.480 e. The van der Waals surface area contributed by atoms with Crippen LogP contribution in [-0.4, -0.2) is 115 Å². The molecule has 1 N–H and O–H groups in total. The first-order valence-corrected chi connectivity index (χ1v) is 8.69. The van der Waals surface area contributed by atoms with Gasteiger partial charge < -0.3 is 5.11 Å². The van der Waals surface area contributed by atoms with Gasteiger partial charge in [-0.1, -0.05) is 6.92 Å². The third kappa shape index (κ3) is 6.55. The second-order valence-electron chi connectivity index (χ2n) is 6.52. The van der Waals surface area contributed by atoms with Gasteiger partial charge in [-0.25, -0.2) is 0 Å². The van der Waals surface area contributed by atoms with Crippen LogP contribution < -0.4 is 0 Å². The molecule has 2 aliphatic heterocycles. The third-order valence-corrected chi connectivity index (χ3v) is 4.82. The normalized spacial score (nSPS) is 28.0. The fourth-order valence-electron chi connectivity index (χ4n) is 3.18. The van der Waals surface area contributed by atoms with E-state index in [4.69, 9.17) is 5.11 Å². The number of rotatable bonds is 5. The van der Waals surface area contributed by atoms with Gasteiger partial charge >= 0.3 is 5.97 Å². The number of hydrogen-bond donors (Lipinski definition) is 1. The van der Waals surface area contributed by atoms with E-state index < -0.39 is 5.97 Å². The Morgan fingerprint density at radius 2 is 1.13 bits per heavy atom. The zero-order valence-corrected chi connectivity index (χ0v) is 14.2. The predicted octanol–water partition coefficient (Wildman–Crippen LogP) is -0.715. The minimum atomic E-state index is -0.751. The van der Waals surface area contributed by atoms with E-state index in [1.54, 1.807) is 0 Å². The molecule has 2 fully saturated rings. The molecule has 0 spiro atoms. The highest BCUT2D eigenvalue weighted by molar-refractivity contribution is 5.80.